The van der Waals surface area contributed by atoms with Crippen LogP contribution >= 0.6 is 11.9 Å². The molecule has 0 aromatic heterocycles. The maximum Gasteiger partial charge on any atom is 0.240 e. The largest absolute Gasteiger partial charge is 0.382 e. The van der Waals surface area contributed by atoms with E-state index in [-0.39, 0.29) is 28.1 Å². The molecule has 1 aliphatic rings. The van der Waals surface area contributed by atoms with Gasteiger partial charge in [0.15, 0.2) is 5.84 Å². The number of carbonyl (C=O) groups is 1. The lowest BCUT2D eigenvalue weighted by Crippen LogP contribution is -2.37. The third kappa shape index (κ3) is 6.95. The van der Waals surface area contributed by atoms with Crippen molar-refractivity contribution < 1.29 is 13.2 Å². The minimum atomic E-state index is -4.16. The zero-order chi connectivity index (χ0) is 23.0. The number of hydrogen-bond acceptors (Lipinski definition) is 10. The van der Waals surface area contributed by atoms with E-state index >= 15 is 0 Å². The summed E-state index contributed by atoms with van der Waals surface area (Å²) in [5.41, 5.74) is 19.8. The summed E-state index contributed by atoms with van der Waals surface area (Å²) in [5, 5.41) is 9.37. The van der Waals surface area contributed by atoms with E-state index in [1.54, 1.807) is 12.1 Å². The van der Waals surface area contributed by atoms with Crippen molar-refractivity contribution >= 4 is 39.4 Å². The first-order valence-electron chi connectivity index (χ1n) is 9.81. The molecule has 1 fully saturated rings. The van der Waals surface area contributed by atoms with Crippen molar-refractivity contribution in [3.05, 3.63) is 17.7 Å². The van der Waals surface area contributed by atoms with E-state index < -0.39 is 10.0 Å². The van der Waals surface area contributed by atoms with Gasteiger partial charge in [-0.15, -0.1) is 5.10 Å². The summed E-state index contributed by atoms with van der Waals surface area (Å²) in [4.78, 5) is 13.5. The summed E-state index contributed by atoms with van der Waals surface area (Å²) in [6.07, 6.45) is 2.52. The normalized spacial score (nSPS) is 15.8. The van der Waals surface area contributed by atoms with Crippen LogP contribution < -0.4 is 43.3 Å². The second-order valence-corrected chi connectivity index (χ2v) is 9.63. The number of anilines is 1. The number of rotatable bonds is 11. The molecule has 0 aliphatic carbocycles. The van der Waals surface area contributed by atoms with E-state index in [1.165, 1.54) is 0 Å². The van der Waals surface area contributed by atoms with Gasteiger partial charge >= 0.3 is 0 Å². The highest BCUT2D eigenvalue weighted by molar-refractivity contribution is 7.98. The highest BCUT2D eigenvalue weighted by Crippen LogP contribution is 2.36. The molecule has 0 bridgehead atoms. The second-order valence-electron chi connectivity index (χ2n) is 7.20. The molecule has 0 atom stereocenters. The van der Waals surface area contributed by atoms with Crippen LogP contribution in [-0.4, -0.2) is 46.3 Å². The molecule has 1 saturated heterocycles. The Hall–Kier alpha value is -2.10. The van der Waals surface area contributed by atoms with Gasteiger partial charge in [-0.1, -0.05) is 0 Å². The van der Waals surface area contributed by atoms with Crippen LogP contribution in [0.3, 0.4) is 0 Å². The Morgan fingerprint density at radius 2 is 1.94 bits per heavy atom. The molecule has 1 heterocycles. The van der Waals surface area contributed by atoms with Gasteiger partial charge in [0.25, 0.3) is 0 Å². The van der Waals surface area contributed by atoms with Crippen LogP contribution in [0.5, 0.6) is 0 Å². The molecule has 0 saturated carbocycles. The summed E-state index contributed by atoms with van der Waals surface area (Å²) in [5.74, 6) is 5.04. The lowest BCUT2D eigenvalue weighted by molar-refractivity contribution is -0.119. The molecule has 1 aliphatic heterocycles. The van der Waals surface area contributed by atoms with E-state index in [2.05, 4.69) is 15.4 Å². The van der Waals surface area contributed by atoms with Gasteiger partial charge in [-0.2, -0.15) is 0 Å². The summed E-state index contributed by atoms with van der Waals surface area (Å²) in [6.45, 7) is 2.29. The van der Waals surface area contributed by atoms with E-state index in [0.717, 1.165) is 31.2 Å². The molecular formula is C17H31N9O3S2. The SMILES string of the molecule is NCCCNSc1ccc(N2CCC(CC(N)=O)CC2)c(/C(N)=N/NN)c1S(N)(=O)=O. The molecule has 2 rings (SSSR count). The molecule has 0 unspecified atom stereocenters. The number of nitrogens with two attached hydrogens (primary N) is 5. The standard InChI is InChI=1S/C17H31N9O3S2/c18-6-1-7-23-30-13-3-2-12(26-8-4-11(5-9-26)10-14(19)27)15(17(20)24-25-21)16(13)31(22,28)29/h2-3,11,23,25H,1,4-10,18,21H2,(H2,19,27)(H2,20,24)(H2,22,28,29). The van der Waals surface area contributed by atoms with Crippen LogP contribution in [0.1, 0.15) is 31.2 Å². The Labute approximate surface area is 186 Å². The predicted molar refractivity (Wildman–Crippen MR) is 122 cm³/mol. The lowest BCUT2D eigenvalue weighted by Gasteiger charge is -2.35. The van der Waals surface area contributed by atoms with E-state index in [1.807, 2.05) is 4.90 Å². The second kappa shape index (κ2) is 11.5. The molecule has 12 N–H and O–H groups in total. The van der Waals surface area contributed by atoms with E-state index in [0.29, 0.717) is 43.2 Å². The molecule has 12 nitrogen and oxygen atoms in total. The number of carbonyl (C=O) groups excluding carboxylic acids is 1. The van der Waals surface area contributed by atoms with Crippen molar-refractivity contribution in [3.8, 4) is 0 Å². The van der Waals surface area contributed by atoms with Crippen molar-refractivity contribution in [3.63, 3.8) is 0 Å². The van der Waals surface area contributed by atoms with Crippen LogP contribution in [0.2, 0.25) is 0 Å². The Kier molecular flexibility index (Phi) is 9.33. The van der Waals surface area contributed by atoms with E-state index in [4.69, 9.17) is 28.2 Å². The number of piperidine rings is 1. The van der Waals surface area contributed by atoms with Crippen molar-refractivity contribution in [2.24, 2.45) is 39.2 Å². The third-order valence-electron chi connectivity index (χ3n) is 4.94. The minimum Gasteiger partial charge on any atom is -0.382 e. The number of hydrazone groups is 1. The Balaban J connectivity index is 2.46. The zero-order valence-electron chi connectivity index (χ0n) is 17.2. The molecule has 14 heteroatoms. The van der Waals surface area contributed by atoms with Crippen LogP contribution in [0.15, 0.2) is 27.0 Å². The summed E-state index contributed by atoms with van der Waals surface area (Å²) >= 11 is 1.13. The Morgan fingerprint density at radius 3 is 2.48 bits per heavy atom. The molecule has 0 radical (unpaired) electrons. The minimum absolute atomic E-state index is 0.106. The number of amidine groups is 1. The molecule has 1 aromatic carbocycles. The monoisotopic (exact) mass is 473 g/mol. The molecular weight excluding hydrogens is 442 g/mol. The van der Waals surface area contributed by atoms with Crippen molar-refractivity contribution in [2.75, 3.05) is 31.1 Å². The smallest absolute Gasteiger partial charge is 0.240 e. The predicted octanol–water partition coefficient (Wildman–Crippen LogP) is -1.55. The van der Waals surface area contributed by atoms with Gasteiger partial charge in [-0.25, -0.2) is 24.9 Å². The summed E-state index contributed by atoms with van der Waals surface area (Å²) < 4.78 is 28.2. The van der Waals surface area contributed by atoms with Crippen LogP contribution in [-0.2, 0) is 14.8 Å². The number of hydrazine groups is 1. The van der Waals surface area contributed by atoms with Crippen LogP contribution in [0, 0.1) is 5.92 Å². The molecule has 31 heavy (non-hydrogen) atoms. The first-order chi connectivity index (χ1) is 14.7. The quantitative estimate of drug-likeness (QED) is 0.0489. The number of sulfonamides is 1. The number of benzene rings is 1. The maximum absolute atomic E-state index is 12.6. The molecule has 1 aromatic rings. The topological polar surface area (TPSA) is 221 Å². The number of primary sulfonamides is 1. The van der Waals surface area contributed by atoms with Gasteiger partial charge < -0.3 is 22.1 Å². The number of nitrogens with one attached hydrogen (secondary N) is 2. The number of amides is 1. The third-order valence-corrected chi connectivity index (χ3v) is 6.97. The fourth-order valence-corrected chi connectivity index (χ4v) is 5.57. The summed E-state index contributed by atoms with van der Waals surface area (Å²) in [7, 11) is -4.16. The van der Waals surface area contributed by atoms with E-state index in [9.17, 15) is 13.2 Å². The number of nitrogens with zero attached hydrogens (tertiary/aromatic N) is 2. The first kappa shape index (κ1) is 25.2. The van der Waals surface area contributed by atoms with Crippen molar-refractivity contribution in [1.29, 1.82) is 0 Å². The molecule has 0 spiro atoms. The van der Waals surface area contributed by atoms with Gasteiger partial charge in [0.05, 0.1) is 5.56 Å². The number of hydrogen-bond donors (Lipinski definition) is 7. The zero-order valence-corrected chi connectivity index (χ0v) is 18.8. The highest BCUT2D eigenvalue weighted by atomic mass is 32.2. The number of primary amides is 1. The van der Waals surface area contributed by atoms with Gasteiger partial charge in [0, 0.05) is 36.6 Å². The average Bonchev–Trinajstić information content (AvgIpc) is 2.70. The average molecular weight is 474 g/mol. The highest BCUT2D eigenvalue weighted by Gasteiger charge is 2.29. The molecule has 1 amide bonds. The first-order valence-corrected chi connectivity index (χ1v) is 12.2. The molecule has 174 valence electrons. The van der Waals surface area contributed by atoms with Gasteiger partial charge in [-0.05, 0) is 55.8 Å². The Bertz CT molecular complexity index is 900. The Morgan fingerprint density at radius 1 is 1.26 bits per heavy atom. The van der Waals surface area contributed by atoms with Crippen molar-refractivity contribution in [2.45, 2.75) is 35.5 Å². The van der Waals surface area contributed by atoms with Gasteiger partial charge in [0.2, 0.25) is 15.9 Å². The van der Waals surface area contributed by atoms with Crippen molar-refractivity contribution in [1.82, 2.24) is 10.3 Å². The van der Waals surface area contributed by atoms with Crippen LogP contribution in [0.4, 0.5) is 5.69 Å². The lowest BCUT2D eigenvalue weighted by atomic mass is 9.92. The van der Waals surface area contributed by atoms with Gasteiger partial charge in [-0.3, -0.25) is 9.52 Å². The van der Waals surface area contributed by atoms with Crippen LogP contribution in [0.25, 0.3) is 0 Å². The van der Waals surface area contributed by atoms with Gasteiger partial charge in [0.1, 0.15) is 4.90 Å². The fraction of sp³-hybridized carbons (Fsp3) is 0.529. The summed E-state index contributed by atoms with van der Waals surface area (Å²) in [6, 6.07) is 3.46. The maximum atomic E-state index is 12.6. The fourth-order valence-electron chi connectivity index (χ4n) is 3.52.